The molecule has 0 saturated carbocycles. The minimum atomic E-state index is -0.280. The molecule has 1 N–H and O–H groups in total. The monoisotopic (exact) mass is 562 g/mol. The maximum absolute atomic E-state index is 13.8. The summed E-state index contributed by atoms with van der Waals surface area (Å²) in [4.78, 5) is 28.7. The van der Waals surface area contributed by atoms with Gasteiger partial charge >= 0.3 is 0 Å². The third-order valence-electron chi connectivity index (χ3n) is 7.10. The summed E-state index contributed by atoms with van der Waals surface area (Å²) in [5.74, 6) is 1.06. The molecule has 1 aliphatic rings. The number of carbonyl (C=O) groups excluding carboxylic acids is 2. The van der Waals surface area contributed by atoms with Gasteiger partial charge in [0.2, 0.25) is 11.8 Å². The summed E-state index contributed by atoms with van der Waals surface area (Å²) >= 11 is 1.57. The van der Waals surface area contributed by atoms with Crippen molar-refractivity contribution in [2.24, 2.45) is 0 Å². The number of carbonyl (C=O) groups is 2. The van der Waals surface area contributed by atoms with Crippen molar-refractivity contribution in [3.05, 3.63) is 125 Å². The van der Waals surface area contributed by atoms with E-state index in [0.717, 1.165) is 39.2 Å². The van der Waals surface area contributed by atoms with Crippen molar-refractivity contribution in [3.8, 4) is 16.9 Å². The predicted octanol–water partition coefficient (Wildman–Crippen LogP) is 6.23. The van der Waals surface area contributed by atoms with E-state index in [1.807, 2.05) is 72.3 Å². The van der Waals surface area contributed by atoms with Crippen LogP contribution in [0.1, 0.15) is 33.3 Å². The molecule has 5 aromatic rings. The highest BCUT2D eigenvalue weighted by Gasteiger charge is 2.37. The highest BCUT2D eigenvalue weighted by Crippen LogP contribution is 2.48. The largest absolute Gasteiger partial charge is 0.467 e. The standard InChI is InChI=1S/C33H30N4O3S/c1-22-13-15-26(16-14-22)37-33-30(31(35-37)24-9-4-3-5-10-24)32(25-11-6-8-23(2)18-25)41-21-29(39)36(33)20-28(38)34-19-27-12-7-17-40-27/h3-18,32H,19-21H2,1-2H3,(H,34,38)/t32-/m0/s1. The van der Waals surface area contributed by atoms with E-state index in [4.69, 9.17) is 9.52 Å². The molecule has 206 valence electrons. The molecule has 1 atom stereocenters. The number of benzene rings is 3. The van der Waals surface area contributed by atoms with Gasteiger partial charge in [0.25, 0.3) is 0 Å². The van der Waals surface area contributed by atoms with Crippen LogP contribution in [0.3, 0.4) is 0 Å². The molecule has 3 heterocycles. The number of thioether (sulfide) groups is 1. The topological polar surface area (TPSA) is 80.4 Å². The van der Waals surface area contributed by atoms with Gasteiger partial charge in [-0.15, -0.1) is 11.8 Å². The minimum absolute atomic E-state index is 0.139. The van der Waals surface area contributed by atoms with Crippen LogP contribution in [0.5, 0.6) is 0 Å². The van der Waals surface area contributed by atoms with E-state index in [1.54, 1.807) is 35.1 Å². The Labute approximate surface area is 243 Å². The van der Waals surface area contributed by atoms with Crippen LogP contribution in [0.4, 0.5) is 5.82 Å². The Hall–Kier alpha value is -4.56. The third kappa shape index (κ3) is 5.56. The Morgan fingerprint density at radius 3 is 2.51 bits per heavy atom. The van der Waals surface area contributed by atoms with Gasteiger partial charge in [0.1, 0.15) is 18.1 Å². The van der Waals surface area contributed by atoms with Gasteiger partial charge in [-0.05, 0) is 43.7 Å². The Bertz CT molecular complexity index is 1680. The zero-order valence-electron chi connectivity index (χ0n) is 22.9. The molecule has 2 aromatic heterocycles. The number of hydrogen-bond donors (Lipinski definition) is 1. The van der Waals surface area contributed by atoms with Gasteiger partial charge in [0.15, 0.2) is 0 Å². The number of aromatic nitrogens is 2. The minimum Gasteiger partial charge on any atom is -0.467 e. The highest BCUT2D eigenvalue weighted by atomic mass is 32.2. The van der Waals surface area contributed by atoms with Crippen LogP contribution < -0.4 is 10.2 Å². The summed E-state index contributed by atoms with van der Waals surface area (Å²) < 4.78 is 7.19. The van der Waals surface area contributed by atoms with Crippen LogP contribution in [0.2, 0.25) is 0 Å². The average Bonchev–Trinajstić information content (AvgIpc) is 3.62. The van der Waals surface area contributed by atoms with Gasteiger partial charge in [-0.25, -0.2) is 4.68 Å². The molecule has 7 nitrogen and oxygen atoms in total. The summed E-state index contributed by atoms with van der Waals surface area (Å²) in [6.45, 7) is 4.21. The summed E-state index contributed by atoms with van der Waals surface area (Å²) in [7, 11) is 0. The quantitative estimate of drug-likeness (QED) is 0.254. The molecule has 0 aliphatic carbocycles. The van der Waals surface area contributed by atoms with Crippen LogP contribution in [-0.2, 0) is 16.1 Å². The average molecular weight is 563 g/mol. The van der Waals surface area contributed by atoms with Crippen LogP contribution in [-0.4, -0.2) is 33.9 Å². The molecule has 0 saturated heterocycles. The molecule has 41 heavy (non-hydrogen) atoms. The number of nitrogens with one attached hydrogen (secondary N) is 1. The predicted molar refractivity (Wildman–Crippen MR) is 162 cm³/mol. The van der Waals surface area contributed by atoms with Crippen LogP contribution in [0.15, 0.2) is 102 Å². The third-order valence-corrected chi connectivity index (χ3v) is 8.36. The number of nitrogens with zero attached hydrogens (tertiary/aromatic N) is 3. The van der Waals surface area contributed by atoms with Crippen molar-refractivity contribution in [2.75, 3.05) is 17.2 Å². The fraction of sp³-hybridized carbons (Fsp3) is 0.182. The first kappa shape index (κ1) is 26.7. The van der Waals surface area contributed by atoms with Gasteiger partial charge in [0, 0.05) is 11.1 Å². The molecular formula is C33H30N4O3S. The fourth-order valence-electron chi connectivity index (χ4n) is 5.09. The summed E-state index contributed by atoms with van der Waals surface area (Å²) in [6, 6.07) is 30.0. The maximum atomic E-state index is 13.8. The summed E-state index contributed by atoms with van der Waals surface area (Å²) in [6.07, 6.45) is 1.57. The van der Waals surface area contributed by atoms with Crippen molar-refractivity contribution in [1.29, 1.82) is 0 Å². The summed E-state index contributed by atoms with van der Waals surface area (Å²) in [5, 5.41) is 7.87. The second-order valence-corrected chi connectivity index (χ2v) is 11.2. The molecule has 2 amide bonds. The molecule has 8 heteroatoms. The van der Waals surface area contributed by atoms with Crippen LogP contribution >= 0.6 is 11.8 Å². The molecule has 0 radical (unpaired) electrons. The molecule has 0 fully saturated rings. The van der Waals surface area contributed by atoms with E-state index in [1.165, 1.54) is 0 Å². The zero-order chi connectivity index (χ0) is 28.3. The number of aryl methyl sites for hydroxylation is 2. The lowest BCUT2D eigenvalue weighted by Crippen LogP contribution is -2.42. The van der Waals surface area contributed by atoms with Crippen LogP contribution in [0.25, 0.3) is 16.9 Å². The van der Waals surface area contributed by atoms with E-state index in [9.17, 15) is 9.59 Å². The summed E-state index contributed by atoms with van der Waals surface area (Å²) in [5.41, 5.74) is 6.82. The smallest absolute Gasteiger partial charge is 0.240 e. The van der Waals surface area contributed by atoms with Crippen molar-refractivity contribution in [3.63, 3.8) is 0 Å². The molecular weight excluding hydrogens is 532 g/mol. The Morgan fingerprint density at radius 1 is 0.976 bits per heavy atom. The van der Waals surface area contributed by atoms with Gasteiger partial charge in [-0.1, -0.05) is 77.9 Å². The second-order valence-electron chi connectivity index (χ2n) is 10.1. The van der Waals surface area contributed by atoms with Crippen molar-refractivity contribution in [1.82, 2.24) is 15.1 Å². The number of rotatable bonds is 7. The van der Waals surface area contributed by atoms with E-state index in [-0.39, 0.29) is 35.9 Å². The Kier molecular flexibility index (Phi) is 7.48. The number of fused-ring (bicyclic) bond motifs is 1. The number of amides is 2. The first-order valence-corrected chi connectivity index (χ1v) is 14.6. The number of hydrogen-bond acceptors (Lipinski definition) is 5. The van der Waals surface area contributed by atoms with E-state index < -0.39 is 0 Å². The van der Waals surface area contributed by atoms with Gasteiger partial charge in [0.05, 0.1) is 35.2 Å². The lowest BCUT2D eigenvalue weighted by Gasteiger charge is -2.23. The normalized spacial score (nSPS) is 14.9. The molecule has 0 spiro atoms. The van der Waals surface area contributed by atoms with Gasteiger partial charge in [-0.3, -0.25) is 14.5 Å². The zero-order valence-corrected chi connectivity index (χ0v) is 23.7. The molecule has 3 aromatic carbocycles. The molecule has 1 aliphatic heterocycles. The van der Waals surface area contributed by atoms with Crippen molar-refractivity contribution < 1.29 is 14.0 Å². The fourth-order valence-corrected chi connectivity index (χ4v) is 6.28. The number of anilines is 1. The second kappa shape index (κ2) is 11.5. The lowest BCUT2D eigenvalue weighted by molar-refractivity contribution is -0.123. The van der Waals surface area contributed by atoms with E-state index >= 15 is 0 Å². The Morgan fingerprint density at radius 2 is 1.78 bits per heavy atom. The first-order valence-electron chi connectivity index (χ1n) is 13.5. The van der Waals surface area contributed by atoms with Crippen LogP contribution in [0, 0.1) is 13.8 Å². The molecule has 0 bridgehead atoms. The van der Waals surface area contributed by atoms with Gasteiger partial charge in [-0.2, -0.15) is 5.10 Å². The van der Waals surface area contributed by atoms with E-state index in [2.05, 4.69) is 30.4 Å². The maximum Gasteiger partial charge on any atom is 0.240 e. The van der Waals surface area contributed by atoms with E-state index in [0.29, 0.717) is 11.6 Å². The van der Waals surface area contributed by atoms with Gasteiger partial charge < -0.3 is 9.73 Å². The lowest BCUT2D eigenvalue weighted by atomic mass is 9.98. The number of furan rings is 1. The SMILES string of the molecule is Cc1ccc(-n2nc(-c3ccccc3)c3c2N(CC(=O)NCc2ccco2)C(=O)CS[C@H]3c2cccc(C)c2)cc1. The highest BCUT2D eigenvalue weighted by molar-refractivity contribution is 8.00. The van der Waals surface area contributed by atoms with Crippen molar-refractivity contribution >= 4 is 29.4 Å². The molecule has 6 rings (SSSR count). The molecule has 0 unspecified atom stereocenters. The van der Waals surface area contributed by atoms with Crippen molar-refractivity contribution in [2.45, 2.75) is 25.6 Å². The Balaban J connectivity index is 1.53. The first-order chi connectivity index (χ1) is 20.0.